The van der Waals surface area contributed by atoms with Gasteiger partial charge in [0.2, 0.25) is 0 Å². The maximum Gasteiger partial charge on any atom is 0.176 e. The minimum absolute atomic E-state index is 0.0367. The zero-order chi connectivity index (χ0) is 18.2. The van der Waals surface area contributed by atoms with Crippen LogP contribution in [0.5, 0.6) is 0 Å². The molecule has 1 heterocycles. The van der Waals surface area contributed by atoms with Gasteiger partial charge in [-0.25, -0.2) is 8.42 Å². The van der Waals surface area contributed by atoms with Gasteiger partial charge in [0.15, 0.2) is 15.6 Å². The highest BCUT2D eigenvalue weighted by Gasteiger charge is 2.17. The lowest BCUT2D eigenvalue weighted by molar-refractivity contribution is 0.0876. The monoisotopic (exact) mass is 352 g/mol. The van der Waals surface area contributed by atoms with Crippen LogP contribution in [0.1, 0.15) is 24.2 Å². The normalized spacial score (nSPS) is 16.7. The summed E-state index contributed by atoms with van der Waals surface area (Å²) in [6.07, 6.45) is 5.16. The molecule has 1 aromatic carbocycles. The fraction of sp³-hybridized carbons (Fsp3) is 0.500. The highest BCUT2D eigenvalue weighted by molar-refractivity contribution is 7.90. The van der Waals surface area contributed by atoms with Crippen molar-refractivity contribution >= 4 is 15.6 Å². The smallest absolute Gasteiger partial charge is 0.176 e. The second-order valence-corrected chi connectivity index (χ2v) is 7.98. The van der Waals surface area contributed by atoms with Gasteiger partial charge in [0.05, 0.1) is 11.4 Å². The minimum atomic E-state index is -3.21. The van der Waals surface area contributed by atoms with Crippen molar-refractivity contribution in [1.29, 1.82) is 0 Å². The molecule has 0 N–H and O–H groups in total. The van der Waals surface area contributed by atoms with Crippen molar-refractivity contribution in [2.24, 2.45) is 0 Å². The van der Waals surface area contributed by atoms with E-state index in [-0.39, 0.29) is 10.7 Å². The van der Waals surface area contributed by atoms with E-state index in [0.29, 0.717) is 12.1 Å². The van der Waals surface area contributed by atoms with Gasteiger partial charge in [0.1, 0.15) is 0 Å². The third kappa shape index (κ3) is 6.95. The lowest BCUT2D eigenvalue weighted by Gasteiger charge is -2.31. The van der Waals surface area contributed by atoms with Crippen LogP contribution in [-0.2, 0) is 9.84 Å². The number of nitrogens with zero attached hydrogens (tertiary/aromatic N) is 2. The first-order chi connectivity index (χ1) is 11.3. The summed E-state index contributed by atoms with van der Waals surface area (Å²) in [5, 5.41) is 0. The quantitative estimate of drug-likeness (QED) is 0.613. The summed E-state index contributed by atoms with van der Waals surface area (Å²) in [6.45, 7) is 8.12. The highest BCUT2D eigenvalue weighted by Crippen LogP contribution is 2.11. The molecule has 0 bridgehead atoms. The molecule has 5 nitrogen and oxygen atoms in total. The van der Waals surface area contributed by atoms with Gasteiger partial charge < -0.3 is 4.90 Å². The van der Waals surface area contributed by atoms with Gasteiger partial charge in [-0.3, -0.25) is 9.69 Å². The number of Topliss-reactive ketones (excluding diaryl/α,β-unsaturated/α-hetero) is 1. The van der Waals surface area contributed by atoms with Crippen LogP contribution in [-0.4, -0.2) is 70.0 Å². The van der Waals surface area contributed by atoms with E-state index >= 15 is 0 Å². The van der Waals surface area contributed by atoms with Gasteiger partial charge in [-0.15, -0.1) is 0 Å². The van der Waals surface area contributed by atoms with Crippen LogP contribution < -0.4 is 0 Å². The third-order valence-electron chi connectivity index (χ3n) is 3.90. The van der Waals surface area contributed by atoms with Crippen LogP contribution in [0.4, 0.5) is 0 Å². The number of piperazine rings is 1. The molecule has 0 aromatic heterocycles. The van der Waals surface area contributed by atoms with E-state index in [2.05, 4.69) is 16.8 Å². The number of carbonyl (C=O) groups excluding carboxylic acids is 1. The van der Waals surface area contributed by atoms with Crippen molar-refractivity contribution in [2.75, 3.05) is 46.0 Å². The summed E-state index contributed by atoms with van der Waals surface area (Å²) in [5.41, 5.74) is 0.566. The number of benzene rings is 1. The molecule has 0 radical (unpaired) electrons. The average molecular weight is 353 g/mol. The molecule has 1 saturated heterocycles. The summed E-state index contributed by atoms with van der Waals surface area (Å²) in [5.74, 6) is 0.0367. The van der Waals surface area contributed by atoms with Gasteiger partial charge in [0, 0.05) is 38.0 Å². The number of allylic oxidation sites excluding steroid dienone is 2. The third-order valence-corrected chi connectivity index (χ3v) is 5.03. The maximum absolute atomic E-state index is 12.2. The summed E-state index contributed by atoms with van der Waals surface area (Å²) < 4.78 is 22.7. The molecule has 1 aliphatic rings. The number of carbonyl (C=O) groups is 1. The second kappa shape index (κ2) is 9.71. The fourth-order valence-electron chi connectivity index (χ4n) is 2.19. The molecule has 1 aromatic rings. The zero-order valence-corrected chi connectivity index (χ0v) is 15.8. The SMILES string of the molecule is C/C=C\C.CN1CCN(CC(=O)c2ccc(S(C)(=O)=O)cc2)CC1. The van der Waals surface area contributed by atoms with Crippen molar-refractivity contribution in [3.63, 3.8) is 0 Å². The molecule has 0 saturated carbocycles. The first-order valence-corrected chi connectivity index (χ1v) is 9.98. The summed E-state index contributed by atoms with van der Waals surface area (Å²) in [6, 6.07) is 6.17. The molecule has 6 heteroatoms. The Morgan fingerprint density at radius 3 is 1.96 bits per heavy atom. The summed E-state index contributed by atoms with van der Waals surface area (Å²) in [4.78, 5) is 16.8. The molecule has 2 rings (SSSR count). The van der Waals surface area contributed by atoms with E-state index in [4.69, 9.17) is 0 Å². The fourth-order valence-corrected chi connectivity index (χ4v) is 2.82. The van der Waals surface area contributed by atoms with Crippen molar-refractivity contribution < 1.29 is 13.2 Å². The Labute approximate surface area is 145 Å². The molecule has 134 valence electrons. The van der Waals surface area contributed by atoms with Gasteiger partial charge in [-0.2, -0.15) is 0 Å². The molecule has 0 amide bonds. The second-order valence-electron chi connectivity index (χ2n) is 5.97. The van der Waals surface area contributed by atoms with E-state index in [9.17, 15) is 13.2 Å². The molecular weight excluding hydrogens is 324 g/mol. The van der Waals surface area contributed by atoms with E-state index in [1.54, 1.807) is 12.1 Å². The van der Waals surface area contributed by atoms with Crippen LogP contribution in [0, 0.1) is 0 Å². The Bertz CT molecular complexity index is 639. The lowest BCUT2D eigenvalue weighted by Crippen LogP contribution is -2.46. The number of ketones is 1. The van der Waals surface area contributed by atoms with Crippen LogP contribution in [0.3, 0.4) is 0 Å². The van der Waals surface area contributed by atoms with Crippen molar-refractivity contribution in [3.8, 4) is 0 Å². The number of likely N-dealkylation sites (N-methyl/N-ethyl adjacent to an activating group) is 1. The average Bonchev–Trinajstić information content (AvgIpc) is 2.56. The van der Waals surface area contributed by atoms with Crippen LogP contribution in [0.2, 0.25) is 0 Å². The zero-order valence-electron chi connectivity index (χ0n) is 15.0. The van der Waals surface area contributed by atoms with Crippen molar-refractivity contribution in [1.82, 2.24) is 9.80 Å². The van der Waals surface area contributed by atoms with Crippen LogP contribution in [0.15, 0.2) is 41.3 Å². The first-order valence-electron chi connectivity index (χ1n) is 8.09. The van der Waals surface area contributed by atoms with E-state index in [1.807, 2.05) is 26.0 Å². The number of hydrogen-bond donors (Lipinski definition) is 0. The minimum Gasteiger partial charge on any atom is -0.304 e. The van der Waals surface area contributed by atoms with Crippen LogP contribution in [0.25, 0.3) is 0 Å². The van der Waals surface area contributed by atoms with Gasteiger partial charge in [-0.1, -0.05) is 24.3 Å². The van der Waals surface area contributed by atoms with Crippen molar-refractivity contribution in [3.05, 3.63) is 42.0 Å². The van der Waals surface area contributed by atoms with E-state index in [1.165, 1.54) is 12.1 Å². The predicted octanol–water partition coefficient (Wildman–Crippen LogP) is 2.10. The molecule has 0 unspecified atom stereocenters. The molecule has 0 atom stereocenters. The summed E-state index contributed by atoms with van der Waals surface area (Å²) >= 11 is 0. The molecule has 1 aliphatic heterocycles. The molecule has 1 fully saturated rings. The summed E-state index contributed by atoms with van der Waals surface area (Å²) in [7, 11) is -1.13. The maximum atomic E-state index is 12.2. The Morgan fingerprint density at radius 2 is 1.54 bits per heavy atom. The Hall–Kier alpha value is -1.50. The Kier molecular flexibility index (Phi) is 8.31. The lowest BCUT2D eigenvalue weighted by atomic mass is 10.1. The first kappa shape index (κ1) is 20.5. The van der Waals surface area contributed by atoms with E-state index < -0.39 is 9.84 Å². The molecule has 0 aliphatic carbocycles. The predicted molar refractivity (Wildman–Crippen MR) is 98.3 cm³/mol. The molecule has 0 spiro atoms. The van der Waals surface area contributed by atoms with Crippen LogP contribution >= 0.6 is 0 Å². The number of sulfone groups is 1. The standard InChI is InChI=1S/C14H20N2O3S.C4H8/c1-15-7-9-16(10-8-15)11-14(17)12-3-5-13(6-4-12)20(2,18)19;1-3-4-2/h3-6H,7-11H2,1-2H3;3-4H,1-2H3/b;4-3-. The molecular formula is C18H28N2O3S. The van der Waals surface area contributed by atoms with Gasteiger partial charge >= 0.3 is 0 Å². The van der Waals surface area contributed by atoms with Gasteiger partial charge in [-0.05, 0) is 33.0 Å². The largest absolute Gasteiger partial charge is 0.304 e. The Morgan fingerprint density at radius 1 is 1.04 bits per heavy atom. The van der Waals surface area contributed by atoms with Gasteiger partial charge in [0.25, 0.3) is 0 Å². The molecule has 24 heavy (non-hydrogen) atoms. The number of rotatable bonds is 4. The number of hydrogen-bond acceptors (Lipinski definition) is 5. The van der Waals surface area contributed by atoms with Crippen molar-refractivity contribution in [2.45, 2.75) is 18.7 Å². The Balaban J connectivity index is 0.000000648. The topological polar surface area (TPSA) is 57.7 Å². The van der Waals surface area contributed by atoms with E-state index in [0.717, 1.165) is 32.4 Å². The highest BCUT2D eigenvalue weighted by atomic mass is 32.2.